The molecule has 0 amide bonds. The molecule has 21 heavy (non-hydrogen) atoms. The van der Waals surface area contributed by atoms with Crippen molar-refractivity contribution in [1.29, 1.82) is 0 Å². The quantitative estimate of drug-likeness (QED) is 0.667. The summed E-state index contributed by atoms with van der Waals surface area (Å²) in [6.45, 7) is 2.22. The fourth-order valence-corrected chi connectivity index (χ4v) is 3.28. The molecule has 116 valence electrons. The highest BCUT2D eigenvalue weighted by Crippen LogP contribution is 2.33. The Morgan fingerprint density at radius 1 is 1.38 bits per heavy atom. The van der Waals surface area contributed by atoms with Crippen LogP contribution >= 0.6 is 0 Å². The fourth-order valence-electron chi connectivity index (χ4n) is 3.28. The fraction of sp³-hybridized carbons (Fsp3) is 0.625. The lowest BCUT2D eigenvalue weighted by Gasteiger charge is -2.34. The van der Waals surface area contributed by atoms with Crippen LogP contribution in [0.3, 0.4) is 0 Å². The first-order valence-corrected chi connectivity index (χ1v) is 7.61. The Kier molecular flexibility index (Phi) is 5.17. The van der Waals surface area contributed by atoms with Crippen molar-refractivity contribution in [3.8, 4) is 5.75 Å². The zero-order valence-corrected chi connectivity index (χ0v) is 12.7. The molecule has 0 radical (unpaired) electrons. The van der Waals surface area contributed by atoms with Crippen LogP contribution in [0.1, 0.15) is 38.2 Å². The average molecular weight is 292 g/mol. The first-order chi connectivity index (χ1) is 10.0. The highest BCUT2D eigenvalue weighted by atomic mass is 16.6. The van der Waals surface area contributed by atoms with Crippen LogP contribution in [0.2, 0.25) is 0 Å². The molecule has 1 fully saturated rings. The van der Waals surface area contributed by atoms with Crippen LogP contribution in [0.25, 0.3) is 0 Å². The van der Waals surface area contributed by atoms with Gasteiger partial charge in [-0.2, -0.15) is 0 Å². The van der Waals surface area contributed by atoms with Crippen molar-refractivity contribution < 1.29 is 9.66 Å². The van der Waals surface area contributed by atoms with Crippen molar-refractivity contribution >= 4 is 5.69 Å². The smallest absolute Gasteiger partial charge is 0.273 e. The number of hydrogen-bond acceptors (Lipinski definition) is 4. The van der Waals surface area contributed by atoms with Gasteiger partial charge in [-0.05, 0) is 49.1 Å². The van der Waals surface area contributed by atoms with Gasteiger partial charge in [0.2, 0.25) is 0 Å². The summed E-state index contributed by atoms with van der Waals surface area (Å²) in [5, 5.41) is 11.0. The topological polar surface area (TPSA) is 78.4 Å². The third-order valence-corrected chi connectivity index (χ3v) is 4.62. The molecule has 2 N–H and O–H groups in total. The first-order valence-electron chi connectivity index (χ1n) is 7.61. The molecular formula is C16H24N2O3. The van der Waals surface area contributed by atoms with Crippen LogP contribution in [-0.4, -0.2) is 18.1 Å². The van der Waals surface area contributed by atoms with E-state index in [4.69, 9.17) is 10.5 Å². The van der Waals surface area contributed by atoms with Gasteiger partial charge in [0.15, 0.2) is 0 Å². The third kappa shape index (κ3) is 3.94. The molecule has 0 aromatic heterocycles. The van der Waals surface area contributed by atoms with Gasteiger partial charge in [0.05, 0.1) is 18.1 Å². The molecule has 1 aliphatic rings. The second-order valence-electron chi connectivity index (χ2n) is 6.01. The molecule has 1 aromatic rings. The molecule has 5 nitrogen and oxygen atoms in total. The summed E-state index contributed by atoms with van der Waals surface area (Å²) in [4.78, 5) is 10.6. The molecule has 0 heterocycles. The Morgan fingerprint density at radius 3 is 2.76 bits per heavy atom. The van der Waals surface area contributed by atoms with E-state index in [1.807, 2.05) is 6.07 Å². The molecule has 0 saturated heterocycles. The van der Waals surface area contributed by atoms with Crippen molar-refractivity contribution in [2.75, 3.05) is 7.11 Å². The lowest BCUT2D eigenvalue weighted by Crippen LogP contribution is -2.37. The Hall–Kier alpha value is -1.62. The number of rotatable bonds is 5. The predicted molar refractivity (Wildman–Crippen MR) is 82.4 cm³/mol. The van der Waals surface area contributed by atoms with Crippen LogP contribution in [0.15, 0.2) is 18.2 Å². The highest BCUT2D eigenvalue weighted by Gasteiger charge is 2.27. The van der Waals surface area contributed by atoms with Gasteiger partial charge in [-0.25, -0.2) is 0 Å². The monoisotopic (exact) mass is 292 g/mol. The molecule has 0 bridgehead atoms. The van der Waals surface area contributed by atoms with Gasteiger partial charge in [-0.15, -0.1) is 0 Å². The maximum atomic E-state index is 11.0. The Labute approximate surface area is 125 Å². The minimum absolute atomic E-state index is 0.0840. The standard InChI is InChI=1S/C16H24N2O3/c1-3-11-4-5-16(17)13(6-11)7-12-8-14(18(19)20)10-15(9-12)21-2/h8-11,13,16H,3-7,17H2,1-2H3. The zero-order valence-electron chi connectivity index (χ0n) is 12.7. The number of ether oxygens (including phenoxy) is 1. The minimum Gasteiger partial charge on any atom is -0.496 e. The Morgan fingerprint density at radius 2 is 2.14 bits per heavy atom. The lowest BCUT2D eigenvalue weighted by molar-refractivity contribution is -0.385. The molecule has 1 aromatic carbocycles. The summed E-state index contributed by atoms with van der Waals surface area (Å²) in [6.07, 6.45) is 5.33. The highest BCUT2D eigenvalue weighted by molar-refractivity contribution is 5.43. The van der Waals surface area contributed by atoms with Crippen molar-refractivity contribution in [3.05, 3.63) is 33.9 Å². The van der Waals surface area contributed by atoms with E-state index in [9.17, 15) is 10.1 Å². The Bertz CT molecular complexity index is 504. The van der Waals surface area contributed by atoms with Crippen LogP contribution in [0.5, 0.6) is 5.75 Å². The second kappa shape index (κ2) is 6.89. The first kappa shape index (κ1) is 15.8. The summed E-state index contributed by atoms with van der Waals surface area (Å²) in [5.74, 6) is 1.67. The lowest BCUT2D eigenvalue weighted by atomic mass is 9.75. The van der Waals surface area contributed by atoms with E-state index in [0.29, 0.717) is 11.7 Å². The van der Waals surface area contributed by atoms with Gasteiger partial charge in [0.1, 0.15) is 5.75 Å². The van der Waals surface area contributed by atoms with Gasteiger partial charge < -0.3 is 10.5 Å². The number of nitro groups is 1. The number of methoxy groups -OCH3 is 1. The van der Waals surface area contributed by atoms with Crippen molar-refractivity contribution in [3.63, 3.8) is 0 Å². The van der Waals surface area contributed by atoms with Gasteiger partial charge in [0, 0.05) is 12.1 Å². The summed E-state index contributed by atoms with van der Waals surface area (Å²) >= 11 is 0. The van der Waals surface area contributed by atoms with Gasteiger partial charge in [-0.1, -0.05) is 13.3 Å². The molecule has 3 atom stereocenters. The molecule has 1 aliphatic carbocycles. The van der Waals surface area contributed by atoms with E-state index in [-0.39, 0.29) is 16.7 Å². The maximum absolute atomic E-state index is 11.0. The van der Waals surface area contributed by atoms with E-state index >= 15 is 0 Å². The maximum Gasteiger partial charge on any atom is 0.273 e. The normalized spacial score (nSPS) is 25.6. The zero-order chi connectivity index (χ0) is 15.4. The predicted octanol–water partition coefficient (Wildman–Crippen LogP) is 3.30. The largest absolute Gasteiger partial charge is 0.496 e. The molecule has 0 aliphatic heterocycles. The summed E-state index contributed by atoms with van der Waals surface area (Å²) in [5.41, 5.74) is 7.27. The molecule has 1 saturated carbocycles. The van der Waals surface area contributed by atoms with Crippen LogP contribution in [0, 0.1) is 22.0 Å². The van der Waals surface area contributed by atoms with Gasteiger partial charge >= 0.3 is 0 Å². The number of nitro benzene ring substituents is 1. The third-order valence-electron chi connectivity index (χ3n) is 4.62. The number of nitrogens with two attached hydrogens (primary N) is 1. The minimum atomic E-state index is -0.373. The van der Waals surface area contributed by atoms with Crippen molar-refractivity contribution in [2.24, 2.45) is 17.6 Å². The Balaban J connectivity index is 2.17. The summed E-state index contributed by atoms with van der Waals surface area (Å²) in [7, 11) is 1.53. The summed E-state index contributed by atoms with van der Waals surface area (Å²) in [6, 6.07) is 5.18. The van der Waals surface area contributed by atoms with E-state index in [1.165, 1.54) is 26.0 Å². The van der Waals surface area contributed by atoms with E-state index in [2.05, 4.69) is 6.92 Å². The number of non-ortho nitro benzene ring substituents is 1. The molecule has 0 spiro atoms. The van der Waals surface area contributed by atoms with E-state index in [1.54, 1.807) is 6.07 Å². The van der Waals surface area contributed by atoms with E-state index in [0.717, 1.165) is 30.7 Å². The van der Waals surface area contributed by atoms with Crippen LogP contribution in [0.4, 0.5) is 5.69 Å². The summed E-state index contributed by atoms with van der Waals surface area (Å²) < 4.78 is 5.17. The van der Waals surface area contributed by atoms with E-state index < -0.39 is 0 Å². The second-order valence-corrected chi connectivity index (χ2v) is 6.01. The SMILES string of the molecule is CCC1CCC(N)C(Cc2cc(OC)cc([N+](=O)[O-])c2)C1. The number of nitrogens with zero attached hydrogens (tertiary/aromatic N) is 1. The van der Waals surface area contributed by atoms with Crippen molar-refractivity contribution in [1.82, 2.24) is 0 Å². The number of hydrogen-bond donors (Lipinski definition) is 1. The van der Waals surface area contributed by atoms with Gasteiger partial charge in [0.25, 0.3) is 5.69 Å². The average Bonchev–Trinajstić information content (AvgIpc) is 2.49. The van der Waals surface area contributed by atoms with Gasteiger partial charge in [-0.3, -0.25) is 10.1 Å². The molecule has 2 rings (SSSR count). The van der Waals surface area contributed by atoms with Crippen LogP contribution in [-0.2, 0) is 6.42 Å². The van der Waals surface area contributed by atoms with Crippen molar-refractivity contribution in [2.45, 2.75) is 45.1 Å². The van der Waals surface area contributed by atoms with Crippen LogP contribution < -0.4 is 10.5 Å². The molecule has 3 unspecified atom stereocenters. The molecule has 5 heteroatoms. The number of benzene rings is 1. The molecular weight excluding hydrogens is 268 g/mol.